The minimum Gasteiger partial charge on any atom is -0.407 e. The van der Waals surface area contributed by atoms with Crippen LogP contribution in [-0.2, 0) is 4.43 Å². The fourth-order valence-corrected chi connectivity index (χ4v) is 8.02. The molecule has 1 unspecified atom stereocenters. The first-order valence-corrected chi connectivity index (χ1v) is 11.7. The normalized spacial score (nSPS) is 13.8. The zero-order valence-electron chi connectivity index (χ0n) is 14.6. The quantitative estimate of drug-likeness (QED) is 0.363. The number of hydrogen-bond donors (Lipinski definition) is 0. The van der Waals surface area contributed by atoms with Crippen LogP contribution in [0.4, 0.5) is 0 Å². The van der Waals surface area contributed by atoms with E-state index in [2.05, 4.69) is 111 Å². The highest BCUT2D eigenvalue weighted by atomic mass is 127. The molecular formula is C20H27IOSi. The van der Waals surface area contributed by atoms with Crippen LogP contribution in [-0.4, -0.2) is 19.4 Å². The summed E-state index contributed by atoms with van der Waals surface area (Å²) in [4.78, 5) is 0. The molecule has 0 saturated heterocycles. The Labute approximate surface area is 155 Å². The third kappa shape index (κ3) is 4.06. The predicted octanol–water partition coefficient (Wildman–Crippen LogP) is 4.63. The van der Waals surface area contributed by atoms with Gasteiger partial charge in [0.2, 0.25) is 0 Å². The van der Waals surface area contributed by atoms with E-state index < -0.39 is 8.32 Å². The van der Waals surface area contributed by atoms with Crippen molar-refractivity contribution in [2.75, 3.05) is 11.0 Å². The van der Waals surface area contributed by atoms with Gasteiger partial charge in [-0.05, 0) is 21.3 Å². The second kappa shape index (κ2) is 7.95. The van der Waals surface area contributed by atoms with Crippen molar-refractivity contribution >= 4 is 41.3 Å². The molecule has 0 aromatic heterocycles. The van der Waals surface area contributed by atoms with Crippen LogP contribution in [0.5, 0.6) is 0 Å². The third-order valence-electron chi connectivity index (χ3n) is 4.26. The van der Waals surface area contributed by atoms with Crippen LogP contribution < -0.4 is 10.4 Å². The van der Waals surface area contributed by atoms with Crippen LogP contribution in [0.15, 0.2) is 60.7 Å². The van der Waals surface area contributed by atoms with Crippen molar-refractivity contribution in [2.24, 2.45) is 5.92 Å². The molecule has 0 heterocycles. The smallest absolute Gasteiger partial charge is 0.261 e. The summed E-state index contributed by atoms with van der Waals surface area (Å²) in [6, 6.07) is 21.7. The van der Waals surface area contributed by atoms with Crippen LogP contribution in [0.25, 0.3) is 0 Å². The summed E-state index contributed by atoms with van der Waals surface area (Å²) in [5.74, 6) is 0.567. The Bertz CT molecular complexity index is 553. The molecule has 0 saturated carbocycles. The summed E-state index contributed by atoms with van der Waals surface area (Å²) in [6.07, 6.45) is 0. The van der Waals surface area contributed by atoms with Crippen LogP contribution >= 0.6 is 22.6 Å². The molecule has 1 atom stereocenters. The van der Waals surface area contributed by atoms with E-state index in [1.165, 1.54) is 10.4 Å². The van der Waals surface area contributed by atoms with E-state index in [0.29, 0.717) is 5.92 Å². The molecule has 0 radical (unpaired) electrons. The van der Waals surface area contributed by atoms with Gasteiger partial charge in [-0.3, -0.25) is 0 Å². The molecule has 2 aromatic rings. The number of alkyl halides is 1. The van der Waals surface area contributed by atoms with Crippen molar-refractivity contribution in [2.45, 2.75) is 32.7 Å². The fraction of sp³-hybridized carbons (Fsp3) is 0.400. The van der Waals surface area contributed by atoms with Gasteiger partial charge < -0.3 is 4.43 Å². The van der Waals surface area contributed by atoms with Crippen LogP contribution in [0, 0.1) is 5.92 Å². The summed E-state index contributed by atoms with van der Waals surface area (Å²) in [6.45, 7) is 10.1. The molecule has 0 aliphatic heterocycles. The maximum atomic E-state index is 6.85. The molecule has 0 fully saturated rings. The molecule has 0 bridgehead atoms. The lowest BCUT2D eigenvalue weighted by atomic mass is 10.2. The van der Waals surface area contributed by atoms with Gasteiger partial charge in [0.25, 0.3) is 8.32 Å². The third-order valence-corrected chi connectivity index (χ3v) is 10.8. The Morgan fingerprint density at radius 2 is 1.35 bits per heavy atom. The lowest BCUT2D eigenvalue weighted by Crippen LogP contribution is -2.66. The molecule has 0 amide bonds. The number of halogens is 1. The largest absolute Gasteiger partial charge is 0.407 e. The average Bonchev–Trinajstić information content (AvgIpc) is 2.56. The maximum Gasteiger partial charge on any atom is 0.261 e. The Kier molecular flexibility index (Phi) is 6.46. The van der Waals surface area contributed by atoms with Crippen molar-refractivity contribution in [3.05, 3.63) is 60.7 Å². The van der Waals surface area contributed by atoms with Gasteiger partial charge >= 0.3 is 0 Å². The van der Waals surface area contributed by atoms with Crippen LogP contribution in [0.1, 0.15) is 27.7 Å². The number of benzene rings is 2. The second-order valence-corrected chi connectivity index (χ2v) is 12.4. The predicted molar refractivity (Wildman–Crippen MR) is 112 cm³/mol. The van der Waals surface area contributed by atoms with Crippen molar-refractivity contribution in [3.8, 4) is 0 Å². The van der Waals surface area contributed by atoms with Gasteiger partial charge in [-0.2, -0.15) is 0 Å². The van der Waals surface area contributed by atoms with E-state index in [0.717, 1.165) is 11.0 Å². The molecule has 124 valence electrons. The van der Waals surface area contributed by atoms with Gasteiger partial charge in [0.05, 0.1) is 0 Å². The molecule has 3 heteroatoms. The zero-order valence-corrected chi connectivity index (χ0v) is 17.7. The SMILES string of the molecule is CC(CI)CO[Si](c1ccccc1)(c1ccccc1)C(C)(C)C. The molecule has 0 aliphatic carbocycles. The zero-order chi connectivity index (χ0) is 16.9. The minimum atomic E-state index is -2.33. The van der Waals surface area contributed by atoms with Crippen molar-refractivity contribution in [1.82, 2.24) is 0 Å². The molecule has 2 aromatic carbocycles. The fourth-order valence-electron chi connectivity index (χ4n) is 3.07. The van der Waals surface area contributed by atoms with Gasteiger partial charge in [-0.15, -0.1) is 0 Å². The first kappa shape index (κ1) is 18.7. The van der Waals surface area contributed by atoms with E-state index in [4.69, 9.17) is 4.43 Å². The van der Waals surface area contributed by atoms with E-state index in [1.807, 2.05) is 0 Å². The van der Waals surface area contributed by atoms with E-state index in [9.17, 15) is 0 Å². The molecule has 23 heavy (non-hydrogen) atoms. The van der Waals surface area contributed by atoms with Gasteiger partial charge in [-0.25, -0.2) is 0 Å². The highest BCUT2D eigenvalue weighted by Crippen LogP contribution is 2.37. The van der Waals surface area contributed by atoms with E-state index in [1.54, 1.807) is 0 Å². The van der Waals surface area contributed by atoms with Gasteiger partial charge in [0.15, 0.2) is 0 Å². The van der Waals surface area contributed by atoms with Crippen molar-refractivity contribution in [1.29, 1.82) is 0 Å². The molecule has 0 aliphatic rings. The first-order valence-electron chi connectivity index (χ1n) is 8.23. The van der Waals surface area contributed by atoms with E-state index in [-0.39, 0.29) is 5.04 Å². The van der Waals surface area contributed by atoms with Crippen LogP contribution in [0.3, 0.4) is 0 Å². The summed E-state index contributed by atoms with van der Waals surface area (Å²) < 4.78 is 7.97. The molecule has 0 spiro atoms. The van der Waals surface area contributed by atoms with Gasteiger partial charge in [0.1, 0.15) is 0 Å². The molecule has 0 N–H and O–H groups in total. The Balaban J connectivity index is 2.60. The molecular weight excluding hydrogens is 411 g/mol. The Hall–Kier alpha value is -0.653. The highest BCUT2D eigenvalue weighted by Gasteiger charge is 2.50. The summed E-state index contributed by atoms with van der Waals surface area (Å²) in [5, 5.41) is 2.79. The Morgan fingerprint density at radius 1 is 0.913 bits per heavy atom. The molecule has 2 rings (SSSR count). The van der Waals surface area contributed by atoms with Crippen molar-refractivity contribution in [3.63, 3.8) is 0 Å². The summed E-state index contributed by atoms with van der Waals surface area (Å²) in [5.41, 5.74) is 0. The van der Waals surface area contributed by atoms with E-state index >= 15 is 0 Å². The van der Waals surface area contributed by atoms with Gasteiger partial charge in [-0.1, -0.05) is 111 Å². The average molecular weight is 438 g/mol. The standard InChI is InChI=1S/C20H27IOSi/c1-17(15-21)16-22-23(20(2,3)4,18-11-7-5-8-12-18)19-13-9-6-10-14-19/h5-14,17H,15-16H2,1-4H3. The monoisotopic (exact) mass is 438 g/mol. The lowest BCUT2D eigenvalue weighted by molar-refractivity contribution is 0.258. The first-order chi connectivity index (χ1) is 10.9. The van der Waals surface area contributed by atoms with Gasteiger partial charge in [0, 0.05) is 11.0 Å². The van der Waals surface area contributed by atoms with Crippen LogP contribution in [0.2, 0.25) is 5.04 Å². The second-order valence-electron chi connectivity index (χ2n) is 7.23. The maximum absolute atomic E-state index is 6.85. The number of rotatable bonds is 6. The summed E-state index contributed by atoms with van der Waals surface area (Å²) >= 11 is 2.45. The Morgan fingerprint density at radius 3 is 1.70 bits per heavy atom. The number of hydrogen-bond acceptors (Lipinski definition) is 1. The highest BCUT2D eigenvalue weighted by molar-refractivity contribution is 14.1. The summed E-state index contributed by atoms with van der Waals surface area (Å²) in [7, 11) is -2.33. The minimum absolute atomic E-state index is 0.0701. The lowest BCUT2D eigenvalue weighted by Gasteiger charge is -2.43. The van der Waals surface area contributed by atoms with Crippen molar-refractivity contribution < 1.29 is 4.43 Å². The topological polar surface area (TPSA) is 9.23 Å². The molecule has 1 nitrogen and oxygen atoms in total.